The molecule has 17 heavy (non-hydrogen) atoms. The molecule has 88 valence electrons. The molecule has 0 saturated heterocycles. The van der Waals surface area contributed by atoms with Gasteiger partial charge in [0.2, 0.25) is 0 Å². The van der Waals surface area contributed by atoms with Crippen molar-refractivity contribution in [3.05, 3.63) is 34.3 Å². The lowest BCUT2D eigenvalue weighted by molar-refractivity contribution is 0.532. The first-order chi connectivity index (χ1) is 8.19. The van der Waals surface area contributed by atoms with E-state index in [9.17, 15) is 0 Å². The molecule has 0 saturated carbocycles. The fraction of sp³-hybridized carbons (Fsp3) is 0.333. The molecular weight excluding hydrogens is 232 g/mol. The molecule has 0 amide bonds. The van der Waals surface area contributed by atoms with Crippen molar-refractivity contribution in [3.8, 4) is 6.07 Å². The molecule has 0 aliphatic heterocycles. The van der Waals surface area contributed by atoms with Gasteiger partial charge in [0, 0.05) is 29.0 Å². The molecule has 2 heterocycles. The van der Waals surface area contributed by atoms with E-state index >= 15 is 0 Å². The Bertz CT molecular complexity index is 533. The van der Waals surface area contributed by atoms with Gasteiger partial charge >= 0.3 is 0 Å². The fourth-order valence-electron chi connectivity index (χ4n) is 1.43. The maximum absolute atomic E-state index is 8.72. The molecule has 0 aromatic carbocycles. The number of nitrogens with zero attached hydrogens (tertiary/aromatic N) is 3. The van der Waals surface area contributed by atoms with E-state index in [-0.39, 0.29) is 0 Å². The lowest BCUT2D eigenvalue weighted by Crippen LogP contribution is -2.00. The highest BCUT2D eigenvalue weighted by atomic mass is 32.1. The zero-order valence-electron chi connectivity index (χ0n) is 9.84. The Labute approximate surface area is 105 Å². The van der Waals surface area contributed by atoms with Gasteiger partial charge in [-0.25, -0.2) is 0 Å². The Hall–Kier alpha value is -1.80. The van der Waals surface area contributed by atoms with Gasteiger partial charge in [0.1, 0.15) is 6.07 Å². The number of aromatic nitrogens is 2. The van der Waals surface area contributed by atoms with E-state index in [0.717, 1.165) is 22.7 Å². The van der Waals surface area contributed by atoms with Crippen molar-refractivity contribution in [2.45, 2.75) is 26.4 Å². The number of hydrogen-bond donors (Lipinski definition) is 1. The van der Waals surface area contributed by atoms with Gasteiger partial charge in [0.25, 0.3) is 0 Å². The molecule has 0 aliphatic carbocycles. The molecule has 1 N–H and O–H groups in total. The number of nitrogens with one attached hydrogen (secondary N) is 1. The predicted molar refractivity (Wildman–Crippen MR) is 69.0 cm³/mol. The molecule has 0 radical (unpaired) electrons. The molecule has 0 atom stereocenters. The van der Waals surface area contributed by atoms with E-state index in [1.54, 1.807) is 11.3 Å². The highest BCUT2D eigenvalue weighted by Crippen LogP contribution is 2.16. The minimum Gasteiger partial charge on any atom is -0.378 e. The monoisotopic (exact) mass is 246 g/mol. The molecule has 4 nitrogen and oxygen atoms in total. The van der Waals surface area contributed by atoms with E-state index in [0.29, 0.717) is 6.04 Å². The maximum Gasteiger partial charge on any atom is 0.100 e. The number of anilines is 1. The van der Waals surface area contributed by atoms with Crippen LogP contribution in [0, 0.1) is 11.3 Å². The summed E-state index contributed by atoms with van der Waals surface area (Å²) in [7, 11) is 0. The summed E-state index contributed by atoms with van der Waals surface area (Å²) in [5.74, 6) is 0. The first kappa shape index (κ1) is 11.7. The lowest BCUT2D eigenvalue weighted by Gasteiger charge is -2.03. The minimum absolute atomic E-state index is 0.373. The van der Waals surface area contributed by atoms with E-state index in [1.165, 1.54) is 0 Å². The zero-order chi connectivity index (χ0) is 12.3. The van der Waals surface area contributed by atoms with E-state index in [4.69, 9.17) is 5.26 Å². The standard InChI is InChI=1S/C12H14N4S/c1-9(2)16-7-11(5-15-16)14-6-12-3-10(4-13)8-17-12/h3,5,7-9,14H,6H2,1-2H3. The average molecular weight is 246 g/mol. The molecule has 2 aromatic heterocycles. The third kappa shape index (κ3) is 2.86. The van der Waals surface area contributed by atoms with E-state index < -0.39 is 0 Å². The van der Waals surface area contributed by atoms with Gasteiger partial charge in [-0.15, -0.1) is 11.3 Å². The highest BCUT2D eigenvalue weighted by molar-refractivity contribution is 7.10. The van der Waals surface area contributed by atoms with Gasteiger partial charge in [-0.3, -0.25) is 4.68 Å². The second kappa shape index (κ2) is 5.02. The Morgan fingerprint density at radius 3 is 3.00 bits per heavy atom. The molecule has 0 bridgehead atoms. The summed E-state index contributed by atoms with van der Waals surface area (Å²) in [5.41, 5.74) is 1.73. The smallest absolute Gasteiger partial charge is 0.100 e. The summed E-state index contributed by atoms with van der Waals surface area (Å²) in [5, 5.41) is 18.1. The van der Waals surface area contributed by atoms with Gasteiger partial charge in [0.05, 0.1) is 17.4 Å². The van der Waals surface area contributed by atoms with Crippen LogP contribution in [0.5, 0.6) is 0 Å². The Kier molecular flexibility index (Phi) is 3.45. The van der Waals surface area contributed by atoms with E-state index in [1.807, 2.05) is 28.5 Å². The Balaban J connectivity index is 1.95. The lowest BCUT2D eigenvalue weighted by atomic mass is 10.3. The van der Waals surface area contributed by atoms with Crippen molar-refractivity contribution < 1.29 is 0 Å². The number of nitriles is 1. The minimum atomic E-state index is 0.373. The molecule has 0 spiro atoms. The van der Waals surface area contributed by atoms with Crippen LogP contribution in [0.15, 0.2) is 23.8 Å². The summed E-state index contributed by atoms with van der Waals surface area (Å²) in [6.07, 6.45) is 3.81. The molecule has 5 heteroatoms. The summed E-state index contributed by atoms with van der Waals surface area (Å²) >= 11 is 1.59. The molecule has 2 aromatic rings. The van der Waals surface area contributed by atoms with Gasteiger partial charge < -0.3 is 5.32 Å². The van der Waals surface area contributed by atoms with Crippen molar-refractivity contribution in [3.63, 3.8) is 0 Å². The van der Waals surface area contributed by atoms with Gasteiger partial charge in [0.15, 0.2) is 0 Å². The van der Waals surface area contributed by atoms with Crippen molar-refractivity contribution in [1.29, 1.82) is 5.26 Å². The molecular formula is C12H14N4S. The fourth-order valence-corrected chi connectivity index (χ4v) is 2.18. The maximum atomic E-state index is 8.72. The second-order valence-corrected chi connectivity index (χ2v) is 5.07. The topological polar surface area (TPSA) is 53.6 Å². The third-order valence-electron chi connectivity index (χ3n) is 2.38. The van der Waals surface area contributed by atoms with Gasteiger partial charge in [-0.1, -0.05) is 0 Å². The first-order valence-electron chi connectivity index (χ1n) is 5.44. The number of rotatable bonds is 4. The van der Waals surface area contributed by atoms with Crippen LogP contribution < -0.4 is 5.32 Å². The van der Waals surface area contributed by atoms with Crippen LogP contribution in [0.4, 0.5) is 5.69 Å². The highest BCUT2D eigenvalue weighted by Gasteiger charge is 2.02. The first-order valence-corrected chi connectivity index (χ1v) is 6.32. The van der Waals surface area contributed by atoms with Crippen LogP contribution in [-0.2, 0) is 6.54 Å². The van der Waals surface area contributed by atoms with Crippen molar-refractivity contribution in [2.24, 2.45) is 0 Å². The predicted octanol–water partition coefficient (Wildman–Crippen LogP) is 3.01. The van der Waals surface area contributed by atoms with Crippen LogP contribution in [0.3, 0.4) is 0 Å². The zero-order valence-corrected chi connectivity index (χ0v) is 10.7. The summed E-state index contributed by atoms with van der Waals surface area (Å²) in [4.78, 5) is 1.15. The summed E-state index contributed by atoms with van der Waals surface area (Å²) in [6, 6.07) is 4.41. The van der Waals surface area contributed by atoms with Crippen molar-refractivity contribution in [2.75, 3.05) is 5.32 Å². The summed E-state index contributed by atoms with van der Waals surface area (Å²) in [6.45, 7) is 4.92. The summed E-state index contributed by atoms with van der Waals surface area (Å²) < 4.78 is 1.91. The Morgan fingerprint density at radius 1 is 1.59 bits per heavy atom. The Morgan fingerprint density at radius 2 is 2.41 bits per heavy atom. The third-order valence-corrected chi connectivity index (χ3v) is 3.32. The molecule has 0 unspecified atom stereocenters. The number of hydrogen-bond acceptors (Lipinski definition) is 4. The molecule has 0 aliphatic rings. The molecule has 0 fully saturated rings. The van der Waals surface area contributed by atoms with Crippen LogP contribution >= 0.6 is 11.3 Å². The van der Waals surface area contributed by atoms with E-state index in [2.05, 4.69) is 30.3 Å². The van der Waals surface area contributed by atoms with Crippen molar-refractivity contribution in [1.82, 2.24) is 9.78 Å². The SMILES string of the molecule is CC(C)n1cc(NCc2cc(C#N)cs2)cn1. The quantitative estimate of drug-likeness (QED) is 0.902. The second-order valence-electron chi connectivity index (χ2n) is 4.07. The largest absolute Gasteiger partial charge is 0.378 e. The normalized spacial score (nSPS) is 10.5. The van der Waals surface area contributed by atoms with Crippen LogP contribution in [0.25, 0.3) is 0 Å². The van der Waals surface area contributed by atoms with Crippen LogP contribution in [0.1, 0.15) is 30.3 Å². The average Bonchev–Trinajstić information content (AvgIpc) is 2.95. The number of thiophene rings is 1. The van der Waals surface area contributed by atoms with Gasteiger partial charge in [-0.05, 0) is 19.9 Å². The van der Waals surface area contributed by atoms with Crippen LogP contribution in [0.2, 0.25) is 0 Å². The molecule has 2 rings (SSSR count). The van der Waals surface area contributed by atoms with Crippen LogP contribution in [-0.4, -0.2) is 9.78 Å². The van der Waals surface area contributed by atoms with Gasteiger partial charge in [-0.2, -0.15) is 10.4 Å². The van der Waals surface area contributed by atoms with Crippen molar-refractivity contribution >= 4 is 17.0 Å².